The van der Waals surface area contributed by atoms with Crippen LogP contribution in [0.2, 0.25) is 0 Å². The Bertz CT molecular complexity index is 1180. The van der Waals surface area contributed by atoms with Gasteiger partial charge in [0.1, 0.15) is 0 Å². The molecule has 2 N–H and O–H groups in total. The molecule has 0 aliphatic carbocycles. The fraction of sp³-hybridized carbons (Fsp3) is 0.273. The minimum absolute atomic E-state index is 0.0371. The number of hydrogen-bond acceptors (Lipinski definition) is 10. The number of aromatic nitrogens is 3. The average molecular weight is 448 g/mol. The molecule has 11 nitrogen and oxygen atoms in total. The van der Waals surface area contributed by atoms with E-state index in [1.165, 1.54) is 12.3 Å². The molecule has 0 unspecified atom stereocenters. The Hall–Kier alpha value is -4.12. The number of nitro benzene ring substituents is 1. The quantitative estimate of drug-likeness (QED) is 0.317. The van der Waals surface area contributed by atoms with Crippen molar-refractivity contribution in [2.45, 2.75) is 13.8 Å². The molecule has 2 aromatic carbocycles. The van der Waals surface area contributed by atoms with Gasteiger partial charge in [0.05, 0.1) is 29.9 Å². The Morgan fingerprint density at radius 3 is 2.64 bits per heavy atom. The van der Waals surface area contributed by atoms with Crippen LogP contribution in [0.15, 0.2) is 47.6 Å². The van der Waals surface area contributed by atoms with Crippen LogP contribution in [-0.4, -0.2) is 52.4 Å². The second kappa shape index (κ2) is 10.0. The summed E-state index contributed by atoms with van der Waals surface area (Å²) in [5.41, 5.74) is 6.16. The standard InChI is InChI=1S/C22H24N8O3/c1-15-7-8-16(2)18(13-15)24-20-25-21(27-22(26-20)29-9-11-33-12-10-29)28-23-14-17-5-3-4-6-19(17)30(31)32/h3-8,13-14H,9-12H2,1-2H3,(H2,24,25,26,27,28). The van der Waals surface area contributed by atoms with Crippen molar-refractivity contribution >= 4 is 35.4 Å². The highest BCUT2D eigenvalue weighted by Crippen LogP contribution is 2.22. The van der Waals surface area contributed by atoms with E-state index in [1.807, 2.05) is 36.9 Å². The molecular formula is C22H24N8O3. The number of para-hydroxylation sites is 1. The second-order valence-electron chi connectivity index (χ2n) is 7.51. The first-order valence-electron chi connectivity index (χ1n) is 10.4. The SMILES string of the molecule is Cc1ccc(C)c(Nc2nc(NN=Cc3ccccc3[N+](=O)[O-])nc(N3CCOCC3)n2)c1. The zero-order valence-corrected chi connectivity index (χ0v) is 18.4. The summed E-state index contributed by atoms with van der Waals surface area (Å²) in [4.78, 5) is 26.3. The molecular weight excluding hydrogens is 424 g/mol. The van der Waals surface area contributed by atoms with Crippen LogP contribution in [-0.2, 0) is 4.74 Å². The van der Waals surface area contributed by atoms with Gasteiger partial charge in [-0.1, -0.05) is 24.3 Å². The van der Waals surface area contributed by atoms with Crippen molar-refractivity contribution in [2.24, 2.45) is 5.10 Å². The van der Waals surface area contributed by atoms with Gasteiger partial charge in [0.15, 0.2) is 0 Å². The number of benzene rings is 2. The summed E-state index contributed by atoms with van der Waals surface area (Å²) >= 11 is 0. The van der Waals surface area contributed by atoms with Gasteiger partial charge in [0, 0.05) is 24.8 Å². The number of nitro groups is 1. The first-order chi connectivity index (χ1) is 16.0. The van der Waals surface area contributed by atoms with E-state index in [9.17, 15) is 10.1 Å². The summed E-state index contributed by atoms with van der Waals surface area (Å²) in [5, 5.41) is 18.6. The normalized spacial score (nSPS) is 13.8. The summed E-state index contributed by atoms with van der Waals surface area (Å²) in [6.45, 7) is 6.51. The first kappa shape index (κ1) is 22.1. The third-order valence-electron chi connectivity index (χ3n) is 5.06. The fourth-order valence-electron chi connectivity index (χ4n) is 3.29. The van der Waals surface area contributed by atoms with Crippen LogP contribution in [0.4, 0.5) is 29.2 Å². The Kier molecular flexibility index (Phi) is 6.69. The number of anilines is 4. The summed E-state index contributed by atoms with van der Waals surface area (Å²) < 4.78 is 5.43. The molecule has 0 saturated carbocycles. The average Bonchev–Trinajstić information content (AvgIpc) is 2.82. The number of nitrogens with one attached hydrogen (secondary N) is 2. The van der Waals surface area contributed by atoms with Gasteiger partial charge >= 0.3 is 0 Å². The molecule has 0 bridgehead atoms. The maximum Gasteiger partial charge on any atom is 0.278 e. The molecule has 0 amide bonds. The van der Waals surface area contributed by atoms with Crippen molar-refractivity contribution in [1.82, 2.24) is 15.0 Å². The number of aryl methyl sites for hydroxylation is 2. The topological polar surface area (TPSA) is 131 Å². The number of rotatable bonds is 7. The van der Waals surface area contributed by atoms with Gasteiger partial charge in [-0.2, -0.15) is 20.1 Å². The van der Waals surface area contributed by atoms with Crippen LogP contribution in [0.3, 0.4) is 0 Å². The van der Waals surface area contributed by atoms with E-state index >= 15 is 0 Å². The third kappa shape index (κ3) is 5.57. The van der Waals surface area contributed by atoms with Crippen LogP contribution >= 0.6 is 0 Å². The van der Waals surface area contributed by atoms with E-state index in [-0.39, 0.29) is 11.6 Å². The summed E-state index contributed by atoms with van der Waals surface area (Å²) in [7, 11) is 0. The van der Waals surface area contributed by atoms with Gasteiger partial charge in [-0.25, -0.2) is 5.43 Å². The van der Waals surface area contributed by atoms with Crippen LogP contribution in [0.25, 0.3) is 0 Å². The first-order valence-corrected chi connectivity index (χ1v) is 10.4. The minimum Gasteiger partial charge on any atom is -0.378 e. The number of hydrazone groups is 1. The molecule has 0 atom stereocenters. The molecule has 1 fully saturated rings. The summed E-state index contributed by atoms with van der Waals surface area (Å²) in [5.74, 6) is 1.07. The van der Waals surface area contributed by atoms with Gasteiger partial charge in [-0.15, -0.1) is 0 Å². The van der Waals surface area contributed by atoms with Crippen molar-refractivity contribution in [1.29, 1.82) is 0 Å². The highest BCUT2D eigenvalue weighted by atomic mass is 16.6. The molecule has 170 valence electrons. The van der Waals surface area contributed by atoms with E-state index < -0.39 is 4.92 Å². The van der Waals surface area contributed by atoms with Crippen molar-refractivity contribution < 1.29 is 9.66 Å². The Morgan fingerprint density at radius 2 is 1.85 bits per heavy atom. The molecule has 3 aromatic rings. The number of morpholine rings is 1. The van der Waals surface area contributed by atoms with E-state index in [2.05, 4.69) is 30.8 Å². The molecule has 33 heavy (non-hydrogen) atoms. The largest absolute Gasteiger partial charge is 0.378 e. The van der Waals surface area contributed by atoms with Gasteiger partial charge in [0.2, 0.25) is 17.8 Å². The number of nitrogens with zero attached hydrogens (tertiary/aromatic N) is 6. The van der Waals surface area contributed by atoms with Crippen molar-refractivity contribution in [3.63, 3.8) is 0 Å². The minimum atomic E-state index is -0.451. The molecule has 1 aliphatic heterocycles. The van der Waals surface area contributed by atoms with E-state index in [0.717, 1.165) is 16.8 Å². The zero-order valence-electron chi connectivity index (χ0n) is 18.4. The summed E-state index contributed by atoms with van der Waals surface area (Å²) in [6, 6.07) is 12.4. The highest BCUT2D eigenvalue weighted by molar-refractivity contribution is 5.85. The predicted molar refractivity (Wildman–Crippen MR) is 126 cm³/mol. The zero-order chi connectivity index (χ0) is 23.2. The van der Waals surface area contributed by atoms with Crippen LogP contribution < -0.4 is 15.6 Å². The summed E-state index contributed by atoms with van der Waals surface area (Å²) in [6.07, 6.45) is 1.37. The van der Waals surface area contributed by atoms with Crippen molar-refractivity contribution in [3.8, 4) is 0 Å². The lowest BCUT2D eigenvalue weighted by Gasteiger charge is -2.27. The number of hydrogen-bond donors (Lipinski definition) is 2. The lowest BCUT2D eigenvalue weighted by molar-refractivity contribution is -0.385. The fourth-order valence-corrected chi connectivity index (χ4v) is 3.29. The number of ether oxygens (including phenoxy) is 1. The van der Waals surface area contributed by atoms with Gasteiger partial charge in [-0.05, 0) is 37.1 Å². The van der Waals surface area contributed by atoms with Gasteiger partial charge in [-0.3, -0.25) is 10.1 Å². The lowest BCUT2D eigenvalue weighted by Crippen LogP contribution is -2.37. The maximum atomic E-state index is 11.2. The van der Waals surface area contributed by atoms with Crippen molar-refractivity contribution in [2.75, 3.05) is 41.9 Å². The van der Waals surface area contributed by atoms with Crippen molar-refractivity contribution in [3.05, 3.63) is 69.3 Å². The molecule has 4 rings (SSSR count). The predicted octanol–water partition coefficient (Wildman–Crippen LogP) is 3.42. The maximum absolute atomic E-state index is 11.2. The van der Waals surface area contributed by atoms with Crippen LogP contribution in [0.1, 0.15) is 16.7 Å². The highest BCUT2D eigenvalue weighted by Gasteiger charge is 2.17. The Morgan fingerprint density at radius 1 is 1.09 bits per heavy atom. The Balaban J connectivity index is 1.61. The molecule has 2 heterocycles. The van der Waals surface area contributed by atoms with E-state index in [1.54, 1.807) is 18.2 Å². The molecule has 1 aromatic heterocycles. The lowest BCUT2D eigenvalue weighted by atomic mass is 10.1. The van der Waals surface area contributed by atoms with Gasteiger partial charge in [0.25, 0.3) is 5.69 Å². The van der Waals surface area contributed by atoms with Crippen LogP contribution in [0.5, 0.6) is 0 Å². The molecule has 1 aliphatic rings. The second-order valence-corrected chi connectivity index (χ2v) is 7.51. The smallest absolute Gasteiger partial charge is 0.278 e. The third-order valence-corrected chi connectivity index (χ3v) is 5.06. The molecule has 1 saturated heterocycles. The molecule has 0 spiro atoms. The molecule has 0 radical (unpaired) electrons. The molecule has 11 heteroatoms. The van der Waals surface area contributed by atoms with Crippen LogP contribution in [0, 0.1) is 24.0 Å². The van der Waals surface area contributed by atoms with Gasteiger partial charge < -0.3 is 15.0 Å². The van der Waals surface area contributed by atoms with E-state index in [4.69, 9.17) is 4.74 Å². The monoisotopic (exact) mass is 448 g/mol. The Labute approximate surface area is 190 Å². The van der Waals surface area contributed by atoms with E-state index in [0.29, 0.717) is 43.8 Å².